The number of halogens is 1. The molecule has 0 saturated carbocycles. The van der Waals surface area contributed by atoms with Gasteiger partial charge < -0.3 is 20.1 Å². The molecular weight excluding hydrogens is 311 g/mol. The molecule has 2 aromatic rings. The zero-order valence-corrected chi connectivity index (χ0v) is 13.8. The SMILES string of the molecule is COc1ccc(CNCCC(=O)Nc2ccccc2F)cc1OC. The summed E-state index contributed by atoms with van der Waals surface area (Å²) in [4.78, 5) is 11.8. The van der Waals surface area contributed by atoms with Gasteiger partial charge in [0.15, 0.2) is 11.5 Å². The van der Waals surface area contributed by atoms with Gasteiger partial charge in [0, 0.05) is 19.5 Å². The fourth-order valence-electron chi connectivity index (χ4n) is 2.20. The second-order valence-electron chi connectivity index (χ2n) is 5.14. The molecule has 0 heterocycles. The standard InChI is InChI=1S/C18H21FN2O3/c1-23-16-8-7-13(11-17(16)24-2)12-20-10-9-18(22)21-15-6-4-3-5-14(15)19/h3-8,11,20H,9-10,12H2,1-2H3,(H,21,22). The van der Waals surface area contributed by atoms with E-state index in [9.17, 15) is 9.18 Å². The van der Waals surface area contributed by atoms with Crippen molar-refractivity contribution < 1.29 is 18.7 Å². The predicted octanol–water partition coefficient (Wildman–Crippen LogP) is 2.96. The molecule has 0 aromatic heterocycles. The number of carbonyl (C=O) groups is 1. The third kappa shape index (κ3) is 4.96. The molecule has 0 atom stereocenters. The molecule has 2 aromatic carbocycles. The lowest BCUT2D eigenvalue weighted by molar-refractivity contribution is -0.116. The van der Waals surface area contributed by atoms with E-state index in [1.807, 2.05) is 18.2 Å². The van der Waals surface area contributed by atoms with E-state index < -0.39 is 5.82 Å². The second kappa shape index (κ2) is 8.88. The first-order chi connectivity index (χ1) is 11.6. The monoisotopic (exact) mass is 332 g/mol. The van der Waals surface area contributed by atoms with Gasteiger partial charge in [-0.25, -0.2) is 4.39 Å². The van der Waals surface area contributed by atoms with Gasteiger partial charge in [-0.05, 0) is 29.8 Å². The number of hydrogen-bond donors (Lipinski definition) is 2. The highest BCUT2D eigenvalue weighted by atomic mass is 19.1. The van der Waals surface area contributed by atoms with Crippen molar-refractivity contribution in [3.05, 3.63) is 53.8 Å². The van der Waals surface area contributed by atoms with E-state index in [0.717, 1.165) is 5.56 Å². The van der Waals surface area contributed by atoms with Crippen LogP contribution in [0.3, 0.4) is 0 Å². The minimum atomic E-state index is -0.441. The molecule has 6 heteroatoms. The molecule has 0 fully saturated rings. The molecule has 2 N–H and O–H groups in total. The number of nitrogens with one attached hydrogen (secondary N) is 2. The van der Waals surface area contributed by atoms with Crippen LogP contribution in [0.2, 0.25) is 0 Å². The van der Waals surface area contributed by atoms with Crippen molar-refractivity contribution in [3.63, 3.8) is 0 Å². The number of ether oxygens (including phenoxy) is 2. The second-order valence-corrected chi connectivity index (χ2v) is 5.14. The van der Waals surface area contributed by atoms with E-state index in [2.05, 4.69) is 10.6 Å². The summed E-state index contributed by atoms with van der Waals surface area (Å²) < 4.78 is 23.9. The minimum Gasteiger partial charge on any atom is -0.493 e. The fraction of sp³-hybridized carbons (Fsp3) is 0.278. The van der Waals surface area contributed by atoms with E-state index in [0.29, 0.717) is 24.6 Å². The number of anilines is 1. The quantitative estimate of drug-likeness (QED) is 0.730. The Balaban J connectivity index is 1.76. The molecule has 0 radical (unpaired) electrons. The van der Waals surface area contributed by atoms with Crippen LogP contribution in [-0.4, -0.2) is 26.7 Å². The first kappa shape index (κ1) is 17.7. The van der Waals surface area contributed by atoms with Crippen molar-refractivity contribution in [2.24, 2.45) is 0 Å². The molecule has 2 rings (SSSR count). The Morgan fingerprint density at radius 1 is 1.08 bits per heavy atom. The van der Waals surface area contributed by atoms with Gasteiger partial charge in [0.1, 0.15) is 5.82 Å². The van der Waals surface area contributed by atoms with Crippen LogP contribution in [0.1, 0.15) is 12.0 Å². The Bertz CT molecular complexity index is 692. The van der Waals surface area contributed by atoms with Crippen LogP contribution in [0, 0.1) is 5.82 Å². The van der Waals surface area contributed by atoms with Gasteiger partial charge >= 0.3 is 0 Å². The van der Waals surface area contributed by atoms with E-state index in [1.54, 1.807) is 26.4 Å². The first-order valence-electron chi connectivity index (χ1n) is 7.60. The van der Waals surface area contributed by atoms with Crippen molar-refractivity contribution in [2.45, 2.75) is 13.0 Å². The summed E-state index contributed by atoms with van der Waals surface area (Å²) in [5.74, 6) is 0.656. The fourth-order valence-corrected chi connectivity index (χ4v) is 2.20. The third-order valence-corrected chi connectivity index (χ3v) is 3.45. The van der Waals surface area contributed by atoms with Crippen LogP contribution in [0.5, 0.6) is 11.5 Å². The van der Waals surface area contributed by atoms with Gasteiger partial charge in [-0.15, -0.1) is 0 Å². The maximum atomic E-state index is 13.4. The normalized spacial score (nSPS) is 10.3. The van der Waals surface area contributed by atoms with Crippen LogP contribution in [-0.2, 0) is 11.3 Å². The summed E-state index contributed by atoms with van der Waals surface area (Å²) in [6.45, 7) is 1.07. The van der Waals surface area contributed by atoms with Crippen molar-refractivity contribution in [2.75, 3.05) is 26.1 Å². The van der Waals surface area contributed by atoms with Crippen molar-refractivity contribution in [1.82, 2.24) is 5.32 Å². The summed E-state index contributed by atoms with van der Waals surface area (Å²) in [6, 6.07) is 11.7. The Labute approximate surface area is 140 Å². The smallest absolute Gasteiger partial charge is 0.225 e. The molecule has 128 valence electrons. The summed E-state index contributed by atoms with van der Waals surface area (Å²) in [5.41, 5.74) is 1.21. The average molecular weight is 332 g/mol. The number of rotatable bonds is 8. The molecule has 0 unspecified atom stereocenters. The average Bonchev–Trinajstić information content (AvgIpc) is 2.60. The maximum Gasteiger partial charge on any atom is 0.225 e. The van der Waals surface area contributed by atoms with Crippen LogP contribution < -0.4 is 20.1 Å². The van der Waals surface area contributed by atoms with E-state index in [-0.39, 0.29) is 18.0 Å². The van der Waals surface area contributed by atoms with Gasteiger partial charge in [0.25, 0.3) is 0 Å². The lowest BCUT2D eigenvalue weighted by atomic mass is 10.2. The Morgan fingerprint density at radius 2 is 1.83 bits per heavy atom. The largest absolute Gasteiger partial charge is 0.493 e. The number of para-hydroxylation sites is 1. The lowest BCUT2D eigenvalue weighted by Crippen LogP contribution is -2.21. The number of benzene rings is 2. The molecule has 24 heavy (non-hydrogen) atoms. The van der Waals surface area contributed by atoms with Crippen LogP contribution >= 0.6 is 0 Å². The van der Waals surface area contributed by atoms with Crippen LogP contribution in [0.4, 0.5) is 10.1 Å². The lowest BCUT2D eigenvalue weighted by Gasteiger charge is -2.10. The molecular formula is C18H21FN2O3. The first-order valence-corrected chi connectivity index (χ1v) is 7.60. The molecule has 1 amide bonds. The molecule has 0 bridgehead atoms. The summed E-state index contributed by atoms with van der Waals surface area (Å²) in [5, 5.41) is 5.72. The van der Waals surface area contributed by atoms with Gasteiger partial charge in [-0.2, -0.15) is 0 Å². The highest BCUT2D eigenvalue weighted by molar-refractivity contribution is 5.90. The molecule has 0 aliphatic heterocycles. The van der Waals surface area contributed by atoms with E-state index in [1.165, 1.54) is 12.1 Å². The minimum absolute atomic E-state index is 0.197. The van der Waals surface area contributed by atoms with Crippen LogP contribution in [0.25, 0.3) is 0 Å². The molecule has 0 aliphatic carbocycles. The van der Waals surface area contributed by atoms with E-state index >= 15 is 0 Å². The van der Waals surface area contributed by atoms with Crippen molar-refractivity contribution in [3.8, 4) is 11.5 Å². The highest BCUT2D eigenvalue weighted by Crippen LogP contribution is 2.27. The zero-order valence-electron chi connectivity index (χ0n) is 13.8. The van der Waals surface area contributed by atoms with Gasteiger partial charge in [-0.1, -0.05) is 18.2 Å². The maximum absolute atomic E-state index is 13.4. The molecule has 0 spiro atoms. The topological polar surface area (TPSA) is 59.6 Å². The van der Waals surface area contributed by atoms with Crippen LogP contribution in [0.15, 0.2) is 42.5 Å². The Morgan fingerprint density at radius 3 is 2.54 bits per heavy atom. The van der Waals surface area contributed by atoms with Gasteiger partial charge in [0.05, 0.1) is 19.9 Å². The Kier molecular flexibility index (Phi) is 6.57. The summed E-state index contributed by atoms with van der Waals surface area (Å²) >= 11 is 0. The van der Waals surface area contributed by atoms with Crippen molar-refractivity contribution >= 4 is 11.6 Å². The van der Waals surface area contributed by atoms with E-state index in [4.69, 9.17) is 9.47 Å². The van der Waals surface area contributed by atoms with Gasteiger partial charge in [-0.3, -0.25) is 4.79 Å². The summed E-state index contributed by atoms with van der Waals surface area (Å²) in [6.07, 6.45) is 0.252. The molecule has 0 aliphatic rings. The predicted molar refractivity (Wildman–Crippen MR) is 90.9 cm³/mol. The summed E-state index contributed by atoms with van der Waals surface area (Å²) in [7, 11) is 3.17. The third-order valence-electron chi connectivity index (χ3n) is 3.45. The molecule has 5 nitrogen and oxygen atoms in total. The number of amides is 1. The zero-order chi connectivity index (χ0) is 17.4. The number of methoxy groups -OCH3 is 2. The van der Waals surface area contributed by atoms with Crippen molar-refractivity contribution in [1.29, 1.82) is 0 Å². The molecule has 0 saturated heterocycles. The Hall–Kier alpha value is -2.60. The number of hydrogen-bond acceptors (Lipinski definition) is 4. The van der Waals surface area contributed by atoms with Gasteiger partial charge in [0.2, 0.25) is 5.91 Å². The highest BCUT2D eigenvalue weighted by Gasteiger charge is 2.07. The number of carbonyl (C=O) groups excluding carboxylic acids is 1.